The molecule has 0 spiro atoms. The molecule has 0 saturated carbocycles. The van der Waals surface area contributed by atoms with Crippen LogP contribution in [-0.2, 0) is 10.1 Å². The molecule has 184 valence electrons. The van der Waals surface area contributed by atoms with Gasteiger partial charge in [0.2, 0.25) is 0 Å². The number of nitrogens with zero attached hydrogens (tertiary/aromatic N) is 4. The summed E-state index contributed by atoms with van der Waals surface area (Å²) in [5.74, 6) is 1.51. The maximum absolute atomic E-state index is 10.9. The standard InChI is InChI=1S/C18H20N4O2.C7H8O3S/c1-20-9-14-11-21(12-15(14)10-20)17-5-6-18(19-8-17)13-3-2-4-16(7-13)22(23)24;1-6-2-4-7(5-3-6)11(8,9)10/h2-8,14-15H,9-12H2,1H3;2-5H,1H3,(H,8,9,10)/t14-,15+;. The van der Waals surface area contributed by atoms with Crippen molar-refractivity contribution >= 4 is 21.5 Å². The highest BCUT2D eigenvalue weighted by Crippen LogP contribution is 2.33. The molecule has 2 aliphatic heterocycles. The zero-order valence-electron chi connectivity index (χ0n) is 19.6. The van der Waals surface area contributed by atoms with Crippen LogP contribution in [0.15, 0.2) is 71.8 Å². The summed E-state index contributed by atoms with van der Waals surface area (Å²) in [6.07, 6.45) is 1.89. The van der Waals surface area contributed by atoms with E-state index in [1.54, 1.807) is 24.3 Å². The zero-order chi connectivity index (χ0) is 25.2. The number of hydrogen-bond acceptors (Lipinski definition) is 7. The Hall–Kier alpha value is -3.34. The second-order valence-corrected chi connectivity index (χ2v) is 10.6. The molecular formula is C25H28N4O5S. The van der Waals surface area contributed by atoms with Gasteiger partial charge >= 0.3 is 0 Å². The summed E-state index contributed by atoms with van der Waals surface area (Å²) in [4.78, 5) is 19.8. The number of rotatable bonds is 4. The lowest BCUT2D eigenvalue weighted by atomic mass is 10.0. The summed E-state index contributed by atoms with van der Waals surface area (Å²) in [6, 6.07) is 16.6. The number of benzene rings is 2. The second-order valence-electron chi connectivity index (χ2n) is 9.14. The fourth-order valence-electron chi connectivity index (χ4n) is 4.67. The topological polar surface area (TPSA) is 117 Å². The number of non-ortho nitro benzene ring substituents is 1. The molecule has 2 aliphatic rings. The van der Waals surface area contributed by atoms with Gasteiger partial charge in [-0.05, 0) is 50.1 Å². The van der Waals surface area contributed by atoms with Gasteiger partial charge in [0.15, 0.2) is 0 Å². The Balaban J connectivity index is 0.000000221. The van der Waals surface area contributed by atoms with Crippen molar-refractivity contribution in [3.8, 4) is 11.3 Å². The highest BCUT2D eigenvalue weighted by molar-refractivity contribution is 7.85. The maximum atomic E-state index is 10.9. The number of anilines is 1. The highest BCUT2D eigenvalue weighted by atomic mass is 32.2. The average Bonchev–Trinajstić information content (AvgIpc) is 3.37. The highest BCUT2D eigenvalue weighted by Gasteiger charge is 2.38. The number of hydrogen-bond donors (Lipinski definition) is 1. The third-order valence-corrected chi connectivity index (χ3v) is 7.32. The lowest BCUT2D eigenvalue weighted by Crippen LogP contribution is -2.26. The normalized spacial score (nSPS) is 19.7. The molecule has 5 rings (SSSR count). The second kappa shape index (κ2) is 10.1. The van der Waals surface area contributed by atoms with Gasteiger partial charge < -0.3 is 9.80 Å². The van der Waals surface area contributed by atoms with Crippen LogP contribution in [0.5, 0.6) is 0 Å². The molecule has 0 radical (unpaired) electrons. The fourth-order valence-corrected chi connectivity index (χ4v) is 5.15. The van der Waals surface area contributed by atoms with E-state index in [-0.39, 0.29) is 15.5 Å². The van der Waals surface area contributed by atoms with Crippen molar-refractivity contribution in [3.63, 3.8) is 0 Å². The Morgan fingerprint density at radius 2 is 1.66 bits per heavy atom. The summed E-state index contributed by atoms with van der Waals surface area (Å²) < 4.78 is 29.6. The first-order chi connectivity index (χ1) is 16.6. The number of pyridine rings is 1. The summed E-state index contributed by atoms with van der Waals surface area (Å²) in [5.41, 5.74) is 3.73. The molecule has 2 aromatic carbocycles. The summed E-state index contributed by atoms with van der Waals surface area (Å²) in [7, 11) is -1.83. The van der Waals surface area contributed by atoms with Gasteiger partial charge in [0.05, 0.1) is 27.4 Å². The molecule has 0 aliphatic carbocycles. The molecule has 9 nitrogen and oxygen atoms in total. The summed E-state index contributed by atoms with van der Waals surface area (Å²) >= 11 is 0. The number of nitro groups is 1. The average molecular weight is 497 g/mol. The van der Waals surface area contributed by atoms with Crippen LogP contribution in [0.1, 0.15) is 5.56 Å². The predicted octanol–water partition coefficient (Wildman–Crippen LogP) is 3.90. The minimum atomic E-state index is -4.02. The molecule has 1 N–H and O–H groups in total. The maximum Gasteiger partial charge on any atom is 0.294 e. The van der Waals surface area contributed by atoms with E-state index in [2.05, 4.69) is 27.9 Å². The molecule has 2 atom stereocenters. The van der Waals surface area contributed by atoms with Crippen LogP contribution in [0.4, 0.5) is 11.4 Å². The first-order valence-electron chi connectivity index (χ1n) is 11.3. The number of nitro benzene ring substituents is 1. The quantitative estimate of drug-likeness (QED) is 0.328. The minimum Gasteiger partial charge on any atom is -0.370 e. The smallest absolute Gasteiger partial charge is 0.294 e. The van der Waals surface area contributed by atoms with Crippen LogP contribution in [-0.4, -0.2) is 61.0 Å². The van der Waals surface area contributed by atoms with Crippen molar-refractivity contribution in [2.45, 2.75) is 11.8 Å². The minimum absolute atomic E-state index is 0.0666. The Labute approximate surface area is 204 Å². The van der Waals surface area contributed by atoms with Crippen molar-refractivity contribution < 1.29 is 17.9 Å². The molecule has 0 amide bonds. The molecule has 1 aromatic heterocycles. The summed E-state index contributed by atoms with van der Waals surface area (Å²) in [5, 5.41) is 10.9. The van der Waals surface area contributed by atoms with Gasteiger partial charge in [-0.3, -0.25) is 19.7 Å². The molecule has 2 fully saturated rings. The van der Waals surface area contributed by atoms with Crippen LogP contribution < -0.4 is 4.90 Å². The van der Waals surface area contributed by atoms with Crippen LogP contribution in [0, 0.1) is 28.9 Å². The Morgan fingerprint density at radius 3 is 2.20 bits per heavy atom. The lowest BCUT2D eigenvalue weighted by molar-refractivity contribution is -0.384. The number of likely N-dealkylation sites (tertiary alicyclic amines) is 1. The first-order valence-corrected chi connectivity index (χ1v) is 12.7. The molecule has 2 saturated heterocycles. The fraction of sp³-hybridized carbons (Fsp3) is 0.320. The van der Waals surface area contributed by atoms with Crippen LogP contribution >= 0.6 is 0 Å². The van der Waals surface area contributed by atoms with E-state index in [9.17, 15) is 18.5 Å². The Morgan fingerprint density at radius 1 is 1.00 bits per heavy atom. The number of fused-ring (bicyclic) bond motifs is 1. The SMILES string of the molecule is CN1C[C@@H]2CN(c3ccc(-c4cccc([N+](=O)[O-])c4)nc3)C[C@@H]2C1.Cc1ccc(S(=O)(=O)O)cc1. The van der Waals surface area contributed by atoms with E-state index in [1.165, 1.54) is 31.3 Å². The van der Waals surface area contributed by atoms with Crippen molar-refractivity contribution in [2.75, 3.05) is 38.1 Å². The van der Waals surface area contributed by atoms with E-state index < -0.39 is 10.1 Å². The lowest BCUT2D eigenvalue weighted by Gasteiger charge is -2.21. The van der Waals surface area contributed by atoms with E-state index in [0.29, 0.717) is 0 Å². The van der Waals surface area contributed by atoms with Crippen molar-refractivity contribution in [2.24, 2.45) is 11.8 Å². The first kappa shape index (κ1) is 24.8. The monoisotopic (exact) mass is 496 g/mol. The Bertz CT molecular complexity index is 1280. The third kappa shape index (κ3) is 6.02. The van der Waals surface area contributed by atoms with Gasteiger partial charge in [0.1, 0.15) is 0 Å². The van der Waals surface area contributed by atoms with Crippen molar-refractivity contribution in [1.82, 2.24) is 9.88 Å². The van der Waals surface area contributed by atoms with Gasteiger partial charge in [-0.25, -0.2) is 0 Å². The number of aryl methyl sites for hydroxylation is 1. The van der Waals surface area contributed by atoms with E-state index in [1.807, 2.05) is 25.3 Å². The van der Waals surface area contributed by atoms with E-state index >= 15 is 0 Å². The van der Waals surface area contributed by atoms with Crippen LogP contribution in [0.2, 0.25) is 0 Å². The number of aromatic nitrogens is 1. The Kier molecular flexibility index (Phi) is 7.15. The molecule has 3 heterocycles. The molecule has 3 aromatic rings. The van der Waals surface area contributed by atoms with Gasteiger partial charge in [-0.1, -0.05) is 29.8 Å². The molecular weight excluding hydrogens is 468 g/mol. The molecule has 0 bridgehead atoms. The van der Waals surface area contributed by atoms with Gasteiger partial charge in [0.25, 0.3) is 15.8 Å². The summed E-state index contributed by atoms with van der Waals surface area (Å²) in [6.45, 7) is 6.38. The van der Waals surface area contributed by atoms with E-state index in [0.717, 1.165) is 47.4 Å². The van der Waals surface area contributed by atoms with Crippen LogP contribution in [0.3, 0.4) is 0 Å². The predicted molar refractivity (Wildman–Crippen MR) is 134 cm³/mol. The van der Waals surface area contributed by atoms with Crippen molar-refractivity contribution in [1.29, 1.82) is 0 Å². The largest absolute Gasteiger partial charge is 0.370 e. The molecule has 35 heavy (non-hydrogen) atoms. The van der Waals surface area contributed by atoms with Crippen LogP contribution in [0.25, 0.3) is 11.3 Å². The van der Waals surface area contributed by atoms with Gasteiger partial charge in [0, 0.05) is 43.9 Å². The van der Waals surface area contributed by atoms with Gasteiger partial charge in [-0.15, -0.1) is 0 Å². The van der Waals surface area contributed by atoms with Crippen molar-refractivity contribution in [3.05, 3.63) is 82.5 Å². The molecule has 0 unspecified atom stereocenters. The molecule has 10 heteroatoms. The zero-order valence-corrected chi connectivity index (χ0v) is 20.4. The van der Waals surface area contributed by atoms with Gasteiger partial charge in [-0.2, -0.15) is 8.42 Å². The third-order valence-electron chi connectivity index (χ3n) is 6.45. The van der Waals surface area contributed by atoms with E-state index in [4.69, 9.17) is 4.55 Å².